The standard InChI is InChI=1S/C49H84B32/c1-16-17(2)25(10)34-31(21(16)6)22(7)18(3)26(11)35(34)36-27(12)19(4)23(8)32-30(15)39-33(29(14)38(32)36)24(9)20(5)28(13)37(39)40-41-42(43(50)44(68-51)45(40)71(54)55)47(75(80(65)66)81(67)70-53)49(74(78(61)62)79(63)64)48(73(69-52)77(59)60)46(41)72(56)76(57)58/h68-70H,50-67H2,1-15H3. The van der Waals surface area contributed by atoms with Crippen LogP contribution in [0.5, 0.6) is 0 Å². The van der Waals surface area contributed by atoms with Crippen molar-refractivity contribution in [3.63, 3.8) is 0 Å². The van der Waals surface area contributed by atoms with Crippen LogP contribution in [-0.4, -0.2) is 231 Å². The van der Waals surface area contributed by atoms with Gasteiger partial charge in [-0.1, -0.05) is 21.9 Å². The van der Waals surface area contributed by atoms with E-state index in [9.17, 15) is 0 Å². The third-order valence-corrected chi connectivity index (χ3v) is 23.0. The van der Waals surface area contributed by atoms with Crippen LogP contribution in [0.1, 0.15) is 83.5 Å². The zero-order chi connectivity index (χ0) is 61.1. The highest BCUT2D eigenvalue weighted by Crippen LogP contribution is 2.51. The largest absolute Gasteiger partial charge is 0.139 e. The lowest BCUT2D eigenvalue weighted by atomic mass is 8.66. The van der Waals surface area contributed by atoms with Crippen molar-refractivity contribution < 1.29 is 0 Å². The summed E-state index contributed by atoms with van der Waals surface area (Å²) in [6, 6.07) is 0. The molecule has 0 spiro atoms. The van der Waals surface area contributed by atoms with Crippen molar-refractivity contribution in [2.75, 3.05) is 0 Å². The molecule has 7 aromatic carbocycles. The minimum absolute atomic E-state index is 0.310. The molecule has 0 radical (unpaired) electrons. The first-order valence-electron chi connectivity index (χ1n) is 32.8. The summed E-state index contributed by atoms with van der Waals surface area (Å²) in [6.45, 7) is 38.6. The van der Waals surface area contributed by atoms with Crippen molar-refractivity contribution in [3.8, 4) is 22.3 Å². The Morgan fingerprint density at radius 3 is 0.975 bits per heavy atom. The highest BCUT2D eigenvalue weighted by atomic mass is 14.3. The molecule has 0 aliphatic rings. The molecule has 7 rings (SSSR count). The Labute approximate surface area is 518 Å². The van der Waals surface area contributed by atoms with Crippen LogP contribution < -0.4 is 38.2 Å². The Kier molecular flexibility index (Phi) is 20.3. The summed E-state index contributed by atoms with van der Waals surface area (Å²) in [5, 5.41) is 12.0. The smallest absolute Gasteiger partial charge is 0.113 e. The van der Waals surface area contributed by atoms with Gasteiger partial charge in [0.2, 0.25) is 0 Å². The van der Waals surface area contributed by atoms with Crippen LogP contribution in [-0.2, 0) is 0 Å². The Balaban J connectivity index is 2.00. The van der Waals surface area contributed by atoms with Gasteiger partial charge in [-0.05, 0) is 253 Å². The first-order chi connectivity index (χ1) is 37.7. The van der Waals surface area contributed by atoms with Crippen molar-refractivity contribution in [2.45, 2.75) is 104 Å². The van der Waals surface area contributed by atoms with Crippen molar-refractivity contribution in [2.24, 2.45) is 0 Å². The van der Waals surface area contributed by atoms with E-state index in [0.29, 0.717) is 70.8 Å². The summed E-state index contributed by atoms with van der Waals surface area (Å²) in [5.74, 6) is 0. The predicted molar refractivity (Wildman–Crippen MR) is 454 cm³/mol. The topological polar surface area (TPSA) is 0 Å². The van der Waals surface area contributed by atoms with Crippen LogP contribution in [0.4, 0.5) is 0 Å². The summed E-state index contributed by atoms with van der Waals surface area (Å²) in [6.07, 6.45) is 2.93. The molecular weight excluding hydrogens is 935 g/mol. The van der Waals surface area contributed by atoms with Crippen LogP contribution >= 0.6 is 0 Å². The normalized spacial score (nSPS) is 11.3. The van der Waals surface area contributed by atoms with E-state index in [4.69, 9.17) is 0 Å². The molecule has 376 valence electrons. The van der Waals surface area contributed by atoms with Gasteiger partial charge in [-0.2, -0.15) is 0 Å². The van der Waals surface area contributed by atoms with E-state index >= 15 is 0 Å². The van der Waals surface area contributed by atoms with Gasteiger partial charge in [-0.25, -0.2) is 0 Å². The number of fused-ring (bicyclic) bond motifs is 4. The fourth-order valence-electron chi connectivity index (χ4n) is 17.5. The maximum Gasteiger partial charge on any atom is 0.139 e. The summed E-state index contributed by atoms with van der Waals surface area (Å²) in [5.41, 5.74) is 39.1. The Morgan fingerprint density at radius 2 is 0.642 bits per heavy atom. The van der Waals surface area contributed by atoms with Gasteiger partial charge in [0.1, 0.15) is 21.5 Å². The Bertz CT molecular complexity index is 3700. The molecule has 0 aliphatic carbocycles. The van der Waals surface area contributed by atoms with E-state index < -0.39 is 0 Å². The van der Waals surface area contributed by atoms with E-state index in [2.05, 4.69) is 243 Å². The molecule has 0 saturated carbocycles. The van der Waals surface area contributed by atoms with Crippen molar-refractivity contribution in [1.29, 1.82) is 0 Å². The lowest BCUT2D eigenvalue weighted by Gasteiger charge is -2.41. The minimum Gasteiger partial charge on any atom is -0.113 e. The molecule has 0 amide bonds. The predicted octanol–water partition coefficient (Wildman–Crippen LogP) is -14.1. The van der Waals surface area contributed by atoms with Gasteiger partial charge < -0.3 is 0 Å². The number of hydrogen-bond donors (Lipinski definition) is 0. The second-order valence-corrected chi connectivity index (χ2v) is 29.0. The maximum absolute atomic E-state index is 2.64. The molecule has 0 nitrogen and oxygen atoms in total. The number of hydrogen-bond acceptors (Lipinski definition) is 0. The van der Waals surface area contributed by atoms with Crippen molar-refractivity contribution in [1.82, 2.24) is 0 Å². The van der Waals surface area contributed by atoms with E-state index in [1.807, 2.05) is 0 Å². The van der Waals surface area contributed by atoms with E-state index in [1.54, 1.807) is 54.6 Å². The van der Waals surface area contributed by atoms with Gasteiger partial charge in [-0.15, -0.1) is 16.4 Å². The third-order valence-electron chi connectivity index (χ3n) is 23.0. The monoisotopic (exact) mass is 1020 g/mol. The number of rotatable bonds is 16. The van der Waals surface area contributed by atoms with Gasteiger partial charge in [0.25, 0.3) is 0 Å². The molecular formula is C49H84B32. The first kappa shape index (κ1) is 66.2. The van der Waals surface area contributed by atoms with Gasteiger partial charge in [0.05, 0.1) is 165 Å². The lowest BCUT2D eigenvalue weighted by Crippen LogP contribution is -2.80. The molecule has 0 aliphatic heterocycles. The molecule has 32 heteroatoms. The molecule has 0 heterocycles. The van der Waals surface area contributed by atoms with Gasteiger partial charge in [0, 0.05) is 45.4 Å². The fraction of sp³-hybridized carbons (Fsp3) is 0.306. The molecule has 7 aromatic rings. The van der Waals surface area contributed by atoms with Crippen molar-refractivity contribution in [3.05, 3.63) is 83.5 Å². The summed E-state index contributed by atoms with van der Waals surface area (Å²) >= 11 is 0. The van der Waals surface area contributed by atoms with Crippen LogP contribution in [0, 0.1) is 104 Å². The highest BCUT2D eigenvalue weighted by molar-refractivity contribution is 7.89. The van der Waals surface area contributed by atoms with Crippen LogP contribution in [0.15, 0.2) is 0 Å². The Hall–Kier alpha value is -2.34. The zero-order valence-electron chi connectivity index (χ0n) is 58.5. The molecule has 0 N–H and O–H groups in total. The Morgan fingerprint density at radius 1 is 0.284 bits per heavy atom. The van der Waals surface area contributed by atoms with E-state index in [1.165, 1.54) is 132 Å². The number of benzene rings is 7. The van der Waals surface area contributed by atoms with Crippen LogP contribution in [0.3, 0.4) is 0 Å². The summed E-state index contributed by atoms with van der Waals surface area (Å²) < 4.78 is 0. The molecule has 0 bridgehead atoms. The molecule has 0 fully saturated rings. The molecule has 0 unspecified atom stereocenters. The second-order valence-electron chi connectivity index (χ2n) is 29.0. The van der Waals surface area contributed by atoms with Gasteiger partial charge in [-0.3, -0.25) is 0 Å². The lowest BCUT2D eigenvalue weighted by molar-refractivity contribution is 1.22. The average Bonchev–Trinajstić information content (AvgIpc) is 1.59. The van der Waals surface area contributed by atoms with Gasteiger partial charge >= 0.3 is 0 Å². The summed E-state index contributed by atoms with van der Waals surface area (Å²) in [7, 11) is 49.2. The molecule has 0 aromatic heterocycles. The minimum atomic E-state index is 0.310. The third kappa shape index (κ3) is 10.3. The van der Waals surface area contributed by atoms with Gasteiger partial charge in [0.15, 0.2) is 0 Å². The fourth-order valence-corrected chi connectivity index (χ4v) is 17.5. The van der Waals surface area contributed by atoms with E-state index in [0.717, 1.165) is 21.3 Å². The van der Waals surface area contributed by atoms with Crippen LogP contribution in [0.25, 0.3) is 65.3 Å². The number of aryl methyl sites for hydroxylation is 7. The second kappa shape index (κ2) is 24.8. The maximum atomic E-state index is 2.64. The molecule has 0 atom stereocenters. The van der Waals surface area contributed by atoms with Crippen molar-refractivity contribution >= 4 is 313 Å². The summed E-state index contributed by atoms with van der Waals surface area (Å²) in [4.78, 5) is 0. The SMILES string of the molecule is BBB(B)B(B(B)B)c1c(B(B(B)B)B(B)B)c(B(BB)B(B)B)c(B(B)B(B)B)c2c(-c3c(C)c(C)c(C)c4c(C)c5c(-c6c(C)c(C)c(C)c7c(C)c(C)c(C)c(C)c67)c(C)c(C)c(C)c5c(C)c34)c(B(B)B)c(BB)c(B)c12. The molecule has 0 saturated heterocycles. The average molecular weight is 1020 g/mol. The highest BCUT2D eigenvalue weighted by Gasteiger charge is 2.43. The van der Waals surface area contributed by atoms with E-state index in [-0.39, 0.29) is 0 Å². The quantitative estimate of drug-likeness (QED) is 0.0668. The molecule has 81 heavy (non-hydrogen) atoms. The first-order valence-corrected chi connectivity index (χ1v) is 32.8. The zero-order valence-corrected chi connectivity index (χ0v) is 58.5. The van der Waals surface area contributed by atoms with Crippen LogP contribution in [0.2, 0.25) is 0 Å².